The van der Waals surface area contributed by atoms with Crippen molar-refractivity contribution in [2.24, 2.45) is 0 Å². The number of anilines is 3. The van der Waals surface area contributed by atoms with Crippen molar-refractivity contribution in [3.8, 4) is 44.5 Å². The molecule has 11 aromatic carbocycles. The normalized spacial score (nSPS) is 14.3. The van der Waals surface area contributed by atoms with Crippen LogP contribution in [0.4, 0.5) is 17.1 Å². The summed E-state index contributed by atoms with van der Waals surface area (Å²) in [5, 5.41) is 0. The van der Waals surface area contributed by atoms with Crippen LogP contribution < -0.4 is 4.90 Å². The Kier molecular flexibility index (Phi) is 9.03. The van der Waals surface area contributed by atoms with Crippen LogP contribution >= 0.6 is 23.5 Å². The molecule has 0 saturated heterocycles. The molecule has 4 aliphatic rings. The molecular formula is C68H43NS2. The lowest BCUT2D eigenvalue weighted by Gasteiger charge is -2.40. The van der Waals surface area contributed by atoms with Crippen molar-refractivity contribution in [3.63, 3.8) is 0 Å². The first kappa shape index (κ1) is 40.8. The van der Waals surface area contributed by atoms with E-state index in [2.05, 4.69) is 266 Å². The van der Waals surface area contributed by atoms with Gasteiger partial charge in [0.05, 0.1) is 10.8 Å². The summed E-state index contributed by atoms with van der Waals surface area (Å²) in [6, 6.07) is 97.9. The van der Waals surface area contributed by atoms with Crippen molar-refractivity contribution in [3.05, 3.63) is 305 Å². The van der Waals surface area contributed by atoms with E-state index in [1.54, 1.807) is 0 Å². The van der Waals surface area contributed by atoms with Gasteiger partial charge < -0.3 is 4.90 Å². The SMILES string of the molecule is c1ccc(-c2ccc(-c3ccc(N(c4ccc5c(c4)-c4ccccc4C54c5ccccc5Sc5ccccc54)c4ccc5c(c4)C4(c6ccccc6Sc6ccccc64)c4ccccc4-5)cc3)cc2)cc1. The van der Waals surface area contributed by atoms with Gasteiger partial charge in [0, 0.05) is 36.6 Å². The predicted molar refractivity (Wildman–Crippen MR) is 295 cm³/mol. The van der Waals surface area contributed by atoms with Gasteiger partial charge in [-0.1, -0.05) is 224 Å². The van der Waals surface area contributed by atoms with E-state index in [1.807, 2.05) is 23.5 Å². The van der Waals surface area contributed by atoms with Gasteiger partial charge in [-0.15, -0.1) is 0 Å². The largest absolute Gasteiger partial charge is 0.310 e. The van der Waals surface area contributed by atoms with Crippen LogP contribution in [0.1, 0.15) is 44.5 Å². The lowest BCUT2D eigenvalue weighted by atomic mass is 9.67. The first-order valence-corrected chi connectivity index (χ1v) is 26.1. The standard InChI is InChI=1S/C68H43NS2/c1-2-16-44(17-3-1)45-30-32-46(33-31-45)47-34-36-48(37-35-47)69(49-39-41-57-54(42-49)52-19-5-7-21-56(52)67(57)58-22-8-12-26-63(58)70-64-27-13-9-23-59(64)67)50-38-40-53-51-18-4-6-20-55(51)68(62(53)43-50)60-24-10-14-28-65(60)71-66-29-15-11-25-61(66)68/h1-43H. The Balaban J connectivity index is 0.949. The monoisotopic (exact) mass is 937 g/mol. The molecule has 332 valence electrons. The molecule has 2 aliphatic carbocycles. The Morgan fingerprint density at radius 3 is 1.08 bits per heavy atom. The van der Waals surface area contributed by atoms with Gasteiger partial charge in [0.1, 0.15) is 0 Å². The molecule has 0 aromatic heterocycles. The van der Waals surface area contributed by atoms with Crippen LogP contribution in [0.25, 0.3) is 44.5 Å². The lowest BCUT2D eigenvalue weighted by molar-refractivity contribution is 0.722. The Hall–Kier alpha value is -8.08. The highest BCUT2D eigenvalue weighted by atomic mass is 32.2. The highest BCUT2D eigenvalue weighted by molar-refractivity contribution is 7.99. The molecule has 2 spiro atoms. The summed E-state index contributed by atoms with van der Waals surface area (Å²) in [5.41, 5.74) is 23.0. The van der Waals surface area contributed by atoms with E-state index < -0.39 is 10.8 Å². The fraction of sp³-hybridized carbons (Fsp3) is 0.0294. The summed E-state index contributed by atoms with van der Waals surface area (Å²) < 4.78 is 0. The highest BCUT2D eigenvalue weighted by Gasteiger charge is 2.52. The highest BCUT2D eigenvalue weighted by Crippen LogP contribution is 2.65. The average molecular weight is 938 g/mol. The first-order valence-electron chi connectivity index (χ1n) is 24.5. The van der Waals surface area contributed by atoms with Crippen molar-refractivity contribution in [2.45, 2.75) is 30.4 Å². The molecule has 2 aliphatic heterocycles. The minimum absolute atomic E-state index is 0.447. The van der Waals surface area contributed by atoms with Crippen LogP contribution in [0.3, 0.4) is 0 Å². The molecule has 0 amide bonds. The van der Waals surface area contributed by atoms with E-state index >= 15 is 0 Å². The van der Waals surface area contributed by atoms with Crippen LogP contribution in [0.15, 0.2) is 280 Å². The van der Waals surface area contributed by atoms with E-state index in [1.165, 1.54) is 109 Å². The van der Waals surface area contributed by atoms with E-state index in [-0.39, 0.29) is 0 Å². The molecule has 0 bridgehead atoms. The molecule has 0 unspecified atom stereocenters. The molecule has 0 radical (unpaired) electrons. The summed E-state index contributed by atoms with van der Waals surface area (Å²) in [4.78, 5) is 7.73. The minimum Gasteiger partial charge on any atom is -0.310 e. The maximum Gasteiger partial charge on any atom is 0.0736 e. The zero-order chi connectivity index (χ0) is 46.7. The number of hydrogen-bond acceptors (Lipinski definition) is 3. The Morgan fingerprint density at radius 2 is 0.563 bits per heavy atom. The zero-order valence-corrected chi connectivity index (χ0v) is 40.2. The molecule has 0 N–H and O–H groups in total. The van der Waals surface area contributed by atoms with Gasteiger partial charge in [-0.3, -0.25) is 0 Å². The summed E-state index contributed by atoms with van der Waals surface area (Å²) in [7, 11) is 0. The van der Waals surface area contributed by atoms with Gasteiger partial charge in [-0.05, 0) is 150 Å². The van der Waals surface area contributed by atoms with Crippen LogP contribution in [-0.4, -0.2) is 0 Å². The second-order valence-electron chi connectivity index (χ2n) is 19.1. The molecule has 2 heterocycles. The average Bonchev–Trinajstić information content (AvgIpc) is 3.89. The molecule has 0 atom stereocenters. The minimum atomic E-state index is -0.495. The van der Waals surface area contributed by atoms with Crippen LogP contribution in [0.5, 0.6) is 0 Å². The maximum atomic E-state index is 2.52. The number of nitrogens with zero attached hydrogens (tertiary/aromatic N) is 1. The van der Waals surface area contributed by atoms with Crippen LogP contribution in [-0.2, 0) is 10.8 Å². The predicted octanol–water partition coefficient (Wildman–Crippen LogP) is 18.1. The van der Waals surface area contributed by atoms with E-state index in [0.29, 0.717) is 0 Å². The van der Waals surface area contributed by atoms with Crippen LogP contribution in [0.2, 0.25) is 0 Å². The topological polar surface area (TPSA) is 3.24 Å². The number of fused-ring (bicyclic) bond motifs is 18. The summed E-state index contributed by atoms with van der Waals surface area (Å²) in [5.74, 6) is 0. The number of rotatable bonds is 5. The molecule has 0 fully saturated rings. The summed E-state index contributed by atoms with van der Waals surface area (Å²) >= 11 is 3.78. The van der Waals surface area contributed by atoms with Gasteiger partial charge in [0.2, 0.25) is 0 Å². The van der Waals surface area contributed by atoms with Crippen molar-refractivity contribution < 1.29 is 0 Å². The third-order valence-corrected chi connectivity index (χ3v) is 17.9. The molecule has 1 nitrogen and oxygen atoms in total. The molecular weight excluding hydrogens is 895 g/mol. The van der Waals surface area contributed by atoms with Crippen LogP contribution in [0, 0.1) is 0 Å². The van der Waals surface area contributed by atoms with Gasteiger partial charge in [-0.25, -0.2) is 0 Å². The van der Waals surface area contributed by atoms with Crippen molar-refractivity contribution in [1.82, 2.24) is 0 Å². The van der Waals surface area contributed by atoms with Crippen molar-refractivity contribution in [1.29, 1.82) is 0 Å². The molecule has 3 heteroatoms. The Labute approximate surface area is 423 Å². The second kappa shape index (κ2) is 15.7. The third kappa shape index (κ3) is 5.79. The summed E-state index contributed by atoms with van der Waals surface area (Å²) in [6.07, 6.45) is 0. The van der Waals surface area contributed by atoms with Gasteiger partial charge in [0.15, 0.2) is 0 Å². The fourth-order valence-electron chi connectivity index (χ4n) is 12.7. The summed E-state index contributed by atoms with van der Waals surface area (Å²) in [6.45, 7) is 0. The molecule has 11 aromatic rings. The van der Waals surface area contributed by atoms with Crippen molar-refractivity contribution >= 4 is 40.6 Å². The van der Waals surface area contributed by atoms with E-state index in [4.69, 9.17) is 0 Å². The smallest absolute Gasteiger partial charge is 0.0736 e. The molecule has 15 rings (SSSR count). The number of benzene rings is 11. The third-order valence-electron chi connectivity index (χ3n) is 15.6. The quantitative estimate of drug-likeness (QED) is 0.169. The number of hydrogen-bond donors (Lipinski definition) is 0. The van der Waals surface area contributed by atoms with Gasteiger partial charge in [0.25, 0.3) is 0 Å². The Morgan fingerprint density at radius 1 is 0.225 bits per heavy atom. The lowest BCUT2D eigenvalue weighted by Crippen LogP contribution is -2.32. The van der Waals surface area contributed by atoms with Gasteiger partial charge >= 0.3 is 0 Å². The zero-order valence-electron chi connectivity index (χ0n) is 38.6. The molecule has 0 saturated carbocycles. The van der Waals surface area contributed by atoms with E-state index in [0.717, 1.165) is 17.1 Å². The Bertz CT molecular complexity index is 3860. The second-order valence-corrected chi connectivity index (χ2v) is 21.2. The van der Waals surface area contributed by atoms with E-state index in [9.17, 15) is 0 Å². The fourth-order valence-corrected chi connectivity index (χ4v) is 15.1. The molecule has 71 heavy (non-hydrogen) atoms. The van der Waals surface area contributed by atoms with Crippen molar-refractivity contribution in [2.75, 3.05) is 4.90 Å². The maximum absolute atomic E-state index is 2.52. The van der Waals surface area contributed by atoms with Gasteiger partial charge in [-0.2, -0.15) is 0 Å². The first-order chi connectivity index (χ1) is 35.2.